The lowest BCUT2D eigenvalue weighted by Gasteiger charge is -2.11. The van der Waals surface area contributed by atoms with E-state index in [9.17, 15) is 9.90 Å². The van der Waals surface area contributed by atoms with E-state index in [2.05, 4.69) is 0 Å². The van der Waals surface area contributed by atoms with Crippen molar-refractivity contribution in [2.24, 2.45) is 0 Å². The van der Waals surface area contributed by atoms with Gasteiger partial charge in [0.1, 0.15) is 17.9 Å². The van der Waals surface area contributed by atoms with Crippen molar-refractivity contribution in [3.63, 3.8) is 0 Å². The molecule has 2 aromatic carbocycles. The summed E-state index contributed by atoms with van der Waals surface area (Å²) in [5.41, 5.74) is 0.497. The van der Waals surface area contributed by atoms with Gasteiger partial charge in [0.15, 0.2) is 11.5 Å². The van der Waals surface area contributed by atoms with Crippen molar-refractivity contribution in [3.05, 3.63) is 53.6 Å². The maximum atomic E-state index is 10.9. The molecule has 2 rings (SSSR count). The lowest BCUT2D eigenvalue weighted by molar-refractivity contribution is 0.0693. The quantitative estimate of drug-likeness (QED) is 0.876. The number of aromatic hydroxyl groups is 1. The SMILES string of the molecule is COc1ccccc1OCc1ccc(O)c(C(=O)O)c1. The molecule has 0 atom stereocenters. The first-order valence-corrected chi connectivity index (χ1v) is 5.93. The fraction of sp³-hybridized carbons (Fsp3) is 0.133. The molecule has 0 aliphatic rings. The predicted octanol–water partition coefficient (Wildman–Crippen LogP) is 2.68. The molecule has 5 heteroatoms. The van der Waals surface area contributed by atoms with Crippen LogP contribution in [0.5, 0.6) is 17.2 Å². The Bertz CT molecular complexity index is 621. The van der Waals surface area contributed by atoms with Crippen molar-refractivity contribution >= 4 is 5.97 Å². The zero-order chi connectivity index (χ0) is 14.5. The first-order valence-electron chi connectivity index (χ1n) is 5.93. The summed E-state index contributed by atoms with van der Waals surface area (Å²) in [5.74, 6) is -0.273. The van der Waals surface area contributed by atoms with Crippen molar-refractivity contribution in [3.8, 4) is 17.2 Å². The Labute approximate surface area is 116 Å². The number of carboxylic acid groups (broad SMARTS) is 1. The molecule has 0 radical (unpaired) electrons. The summed E-state index contributed by atoms with van der Waals surface area (Å²) in [5, 5.41) is 18.4. The molecule has 0 aromatic heterocycles. The van der Waals surface area contributed by atoms with Crippen LogP contribution < -0.4 is 9.47 Å². The smallest absolute Gasteiger partial charge is 0.339 e. The number of hydrogen-bond donors (Lipinski definition) is 2. The van der Waals surface area contributed by atoms with Crippen LogP contribution in [-0.2, 0) is 6.61 Å². The highest BCUT2D eigenvalue weighted by Crippen LogP contribution is 2.27. The molecule has 2 aromatic rings. The minimum absolute atomic E-state index is 0.147. The summed E-state index contributed by atoms with van der Waals surface area (Å²) in [6.45, 7) is 0.181. The van der Waals surface area contributed by atoms with E-state index in [1.165, 1.54) is 12.1 Å². The Kier molecular flexibility index (Phi) is 4.10. The number of rotatable bonds is 5. The Balaban J connectivity index is 2.15. The van der Waals surface area contributed by atoms with Crippen LogP contribution in [-0.4, -0.2) is 23.3 Å². The summed E-state index contributed by atoms with van der Waals surface area (Å²) in [6.07, 6.45) is 0. The van der Waals surface area contributed by atoms with Crippen LogP contribution in [0.4, 0.5) is 0 Å². The number of methoxy groups -OCH3 is 1. The van der Waals surface area contributed by atoms with Gasteiger partial charge in [0, 0.05) is 0 Å². The molecule has 0 saturated heterocycles. The molecule has 0 amide bonds. The van der Waals surface area contributed by atoms with Gasteiger partial charge < -0.3 is 19.7 Å². The molecule has 104 valence electrons. The van der Waals surface area contributed by atoms with Gasteiger partial charge in [-0.15, -0.1) is 0 Å². The lowest BCUT2D eigenvalue weighted by Crippen LogP contribution is -2.01. The summed E-state index contributed by atoms with van der Waals surface area (Å²) < 4.78 is 10.7. The highest BCUT2D eigenvalue weighted by molar-refractivity contribution is 5.90. The van der Waals surface area contributed by atoms with Crippen LogP contribution >= 0.6 is 0 Å². The standard InChI is InChI=1S/C15H14O5/c1-19-13-4-2-3-5-14(13)20-9-10-6-7-12(16)11(8-10)15(17)18/h2-8,16H,9H2,1H3,(H,17,18). The van der Waals surface area contributed by atoms with Crippen molar-refractivity contribution < 1.29 is 24.5 Å². The van der Waals surface area contributed by atoms with Gasteiger partial charge in [0.25, 0.3) is 0 Å². The van der Waals surface area contributed by atoms with Crippen LogP contribution in [0.25, 0.3) is 0 Å². The van der Waals surface area contributed by atoms with Gasteiger partial charge >= 0.3 is 5.97 Å². The van der Waals surface area contributed by atoms with Crippen LogP contribution in [0.15, 0.2) is 42.5 Å². The van der Waals surface area contributed by atoms with E-state index < -0.39 is 5.97 Å². The van der Waals surface area contributed by atoms with E-state index in [1.807, 2.05) is 12.1 Å². The second kappa shape index (κ2) is 5.97. The van der Waals surface area contributed by atoms with Crippen LogP contribution in [0.2, 0.25) is 0 Å². The van der Waals surface area contributed by atoms with E-state index >= 15 is 0 Å². The molecule has 0 fully saturated rings. The number of ether oxygens (including phenoxy) is 2. The van der Waals surface area contributed by atoms with Gasteiger partial charge in [-0.2, -0.15) is 0 Å². The third-order valence-corrected chi connectivity index (χ3v) is 2.75. The Morgan fingerprint density at radius 2 is 1.85 bits per heavy atom. The molecule has 0 bridgehead atoms. The zero-order valence-corrected chi connectivity index (χ0v) is 10.9. The molecule has 0 spiro atoms. The Morgan fingerprint density at radius 1 is 1.15 bits per heavy atom. The van der Waals surface area contributed by atoms with Crippen molar-refractivity contribution in [2.75, 3.05) is 7.11 Å². The third kappa shape index (κ3) is 3.00. The topological polar surface area (TPSA) is 76.0 Å². The molecule has 0 aliphatic heterocycles. The largest absolute Gasteiger partial charge is 0.507 e. The average molecular weight is 274 g/mol. The van der Waals surface area contributed by atoms with Gasteiger partial charge in [0.2, 0.25) is 0 Å². The fourth-order valence-electron chi connectivity index (χ4n) is 1.74. The zero-order valence-electron chi connectivity index (χ0n) is 10.9. The molecule has 2 N–H and O–H groups in total. The molecule has 0 unspecified atom stereocenters. The summed E-state index contributed by atoms with van der Waals surface area (Å²) in [4.78, 5) is 10.9. The average Bonchev–Trinajstić information content (AvgIpc) is 2.46. The number of carboxylic acids is 1. The van der Waals surface area contributed by atoms with Gasteiger partial charge in [-0.25, -0.2) is 4.79 Å². The molecule has 0 saturated carbocycles. The van der Waals surface area contributed by atoms with E-state index in [-0.39, 0.29) is 17.9 Å². The van der Waals surface area contributed by atoms with Gasteiger partial charge in [-0.3, -0.25) is 0 Å². The summed E-state index contributed by atoms with van der Waals surface area (Å²) >= 11 is 0. The maximum Gasteiger partial charge on any atom is 0.339 e. The Hall–Kier alpha value is -2.69. The monoisotopic (exact) mass is 274 g/mol. The second-order valence-electron chi connectivity index (χ2n) is 4.10. The highest BCUT2D eigenvalue weighted by atomic mass is 16.5. The van der Waals surface area contributed by atoms with E-state index in [0.717, 1.165) is 0 Å². The number of carbonyl (C=O) groups is 1. The van der Waals surface area contributed by atoms with Crippen molar-refractivity contribution in [1.29, 1.82) is 0 Å². The van der Waals surface area contributed by atoms with E-state index in [1.54, 1.807) is 25.3 Å². The van der Waals surface area contributed by atoms with Gasteiger partial charge in [-0.1, -0.05) is 18.2 Å². The minimum Gasteiger partial charge on any atom is -0.507 e. The van der Waals surface area contributed by atoms with E-state index in [0.29, 0.717) is 17.1 Å². The molecule has 0 heterocycles. The molecular formula is C15H14O5. The summed E-state index contributed by atoms with van der Waals surface area (Å²) in [7, 11) is 1.55. The lowest BCUT2D eigenvalue weighted by atomic mass is 10.1. The number of para-hydroxylation sites is 2. The van der Waals surface area contributed by atoms with Gasteiger partial charge in [-0.05, 0) is 29.8 Å². The van der Waals surface area contributed by atoms with Crippen LogP contribution in [0.1, 0.15) is 15.9 Å². The Morgan fingerprint density at radius 3 is 2.50 bits per heavy atom. The second-order valence-corrected chi connectivity index (χ2v) is 4.10. The normalized spacial score (nSPS) is 10.1. The van der Waals surface area contributed by atoms with Crippen molar-refractivity contribution in [2.45, 2.75) is 6.61 Å². The molecule has 20 heavy (non-hydrogen) atoms. The molecular weight excluding hydrogens is 260 g/mol. The number of benzene rings is 2. The fourth-order valence-corrected chi connectivity index (χ4v) is 1.74. The number of aromatic carboxylic acids is 1. The number of phenols is 1. The molecule has 5 nitrogen and oxygen atoms in total. The van der Waals surface area contributed by atoms with Crippen LogP contribution in [0.3, 0.4) is 0 Å². The first-order chi connectivity index (χ1) is 9.61. The van der Waals surface area contributed by atoms with Crippen molar-refractivity contribution in [1.82, 2.24) is 0 Å². The minimum atomic E-state index is -1.18. The summed E-state index contributed by atoms with van der Waals surface area (Å²) in [6, 6.07) is 11.5. The number of hydrogen-bond acceptors (Lipinski definition) is 4. The third-order valence-electron chi connectivity index (χ3n) is 2.75. The highest BCUT2D eigenvalue weighted by Gasteiger charge is 2.11. The van der Waals surface area contributed by atoms with Crippen LogP contribution in [0, 0.1) is 0 Å². The molecule has 0 aliphatic carbocycles. The van der Waals surface area contributed by atoms with E-state index in [4.69, 9.17) is 14.6 Å². The van der Waals surface area contributed by atoms with Gasteiger partial charge in [0.05, 0.1) is 7.11 Å². The maximum absolute atomic E-state index is 10.9. The first kappa shape index (κ1) is 13.7. The predicted molar refractivity (Wildman–Crippen MR) is 72.4 cm³/mol.